The van der Waals surface area contributed by atoms with Crippen LogP contribution in [0.2, 0.25) is 0 Å². The van der Waals surface area contributed by atoms with Gasteiger partial charge < -0.3 is 5.32 Å². The van der Waals surface area contributed by atoms with E-state index in [0.717, 1.165) is 22.4 Å². The van der Waals surface area contributed by atoms with Gasteiger partial charge in [-0.15, -0.1) is 5.10 Å². The Labute approximate surface area is 147 Å². The van der Waals surface area contributed by atoms with Gasteiger partial charge in [-0.2, -0.15) is 5.10 Å². The number of hydrogen-bond donors (Lipinski definition) is 1. The van der Waals surface area contributed by atoms with Crippen LogP contribution in [0.15, 0.2) is 24.3 Å². The Morgan fingerprint density at radius 1 is 1.20 bits per heavy atom. The maximum atomic E-state index is 12.2. The summed E-state index contributed by atoms with van der Waals surface area (Å²) in [5.74, 6) is 0.0159. The number of amides is 1. The summed E-state index contributed by atoms with van der Waals surface area (Å²) in [7, 11) is 0. The maximum absolute atomic E-state index is 12.2. The van der Waals surface area contributed by atoms with Crippen molar-refractivity contribution in [3.63, 3.8) is 0 Å². The summed E-state index contributed by atoms with van der Waals surface area (Å²) in [5, 5.41) is 15.8. The van der Waals surface area contributed by atoms with Gasteiger partial charge in [0.15, 0.2) is 0 Å². The normalized spacial score (nSPS) is 12.5. The molecule has 0 spiro atoms. The van der Waals surface area contributed by atoms with E-state index in [4.69, 9.17) is 0 Å². The van der Waals surface area contributed by atoms with Crippen LogP contribution in [0.5, 0.6) is 0 Å². The predicted molar refractivity (Wildman–Crippen MR) is 96.2 cm³/mol. The number of fused-ring (bicyclic) bond motifs is 1. The van der Waals surface area contributed by atoms with Crippen LogP contribution >= 0.6 is 0 Å². The van der Waals surface area contributed by atoms with E-state index in [2.05, 4.69) is 27.7 Å². The van der Waals surface area contributed by atoms with Crippen molar-refractivity contribution in [2.24, 2.45) is 0 Å². The molecule has 0 aliphatic rings. The van der Waals surface area contributed by atoms with E-state index >= 15 is 0 Å². The fourth-order valence-electron chi connectivity index (χ4n) is 2.92. The molecule has 0 aliphatic carbocycles. The smallest absolute Gasteiger partial charge is 0.222 e. The third-order valence-electron chi connectivity index (χ3n) is 4.57. The Balaban J connectivity index is 1.54. The monoisotopic (exact) mass is 340 g/mol. The van der Waals surface area contributed by atoms with Gasteiger partial charge >= 0.3 is 0 Å². The lowest BCUT2D eigenvalue weighted by Gasteiger charge is -2.14. The van der Waals surface area contributed by atoms with Crippen molar-refractivity contribution in [2.45, 2.75) is 53.2 Å². The second-order valence-corrected chi connectivity index (χ2v) is 6.50. The highest BCUT2D eigenvalue weighted by Gasteiger charge is 2.13. The van der Waals surface area contributed by atoms with Crippen molar-refractivity contribution in [3.8, 4) is 0 Å². The molecule has 1 amide bonds. The number of para-hydroxylation sites is 1. The van der Waals surface area contributed by atoms with Crippen molar-refractivity contribution in [3.05, 3.63) is 41.2 Å². The largest absolute Gasteiger partial charge is 0.352 e. The second-order valence-electron chi connectivity index (χ2n) is 6.50. The summed E-state index contributed by atoms with van der Waals surface area (Å²) in [6.45, 7) is 9.23. The van der Waals surface area contributed by atoms with Gasteiger partial charge in [0.1, 0.15) is 5.52 Å². The van der Waals surface area contributed by atoms with Gasteiger partial charge in [0.25, 0.3) is 0 Å². The molecule has 0 radical (unpaired) electrons. The molecule has 7 nitrogen and oxygen atoms in total. The first-order chi connectivity index (χ1) is 12.0. The molecular weight excluding hydrogens is 316 g/mol. The topological polar surface area (TPSA) is 77.6 Å². The molecule has 7 heteroatoms. The minimum Gasteiger partial charge on any atom is -0.352 e. The number of aryl methyl sites for hydroxylation is 2. The van der Waals surface area contributed by atoms with E-state index < -0.39 is 0 Å². The van der Waals surface area contributed by atoms with Crippen LogP contribution < -0.4 is 5.32 Å². The van der Waals surface area contributed by atoms with Crippen molar-refractivity contribution in [2.75, 3.05) is 0 Å². The van der Waals surface area contributed by atoms with E-state index in [1.165, 1.54) is 5.56 Å². The second kappa shape index (κ2) is 7.04. The van der Waals surface area contributed by atoms with E-state index in [1.54, 1.807) is 0 Å². The lowest BCUT2D eigenvalue weighted by Crippen LogP contribution is -2.36. The number of carbonyl (C=O) groups is 1. The fraction of sp³-hybridized carbons (Fsp3) is 0.444. The minimum atomic E-state index is -0.0280. The first-order valence-corrected chi connectivity index (χ1v) is 8.54. The number of nitrogens with one attached hydrogen (secondary N) is 1. The third-order valence-corrected chi connectivity index (χ3v) is 4.57. The number of aromatic nitrogens is 5. The molecule has 3 aromatic rings. The molecule has 0 unspecified atom stereocenters. The van der Waals surface area contributed by atoms with Crippen LogP contribution in [0.4, 0.5) is 0 Å². The molecule has 0 bridgehead atoms. The highest BCUT2D eigenvalue weighted by Crippen LogP contribution is 2.12. The van der Waals surface area contributed by atoms with Crippen LogP contribution in [0.25, 0.3) is 11.0 Å². The molecule has 2 heterocycles. The summed E-state index contributed by atoms with van der Waals surface area (Å²) in [4.78, 5) is 12.2. The van der Waals surface area contributed by atoms with Gasteiger partial charge in [-0.25, -0.2) is 4.68 Å². The van der Waals surface area contributed by atoms with E-state index in [9.17, 15) is 4.79 Å². The SMILES string of the molecule is Cc1nn(CCC(=O)N[C@H](C)Cn2nnc3ccccc32)c(C)c1C. The molecule has 0 fully saturated rings. The highest BCUT2D eigenvalue weighted by molar-refractivity contribution is 5.76. The maximum Gasteiger partial charge on any atom is 0.222 e. The lowest BCUT2D eigenvalue weighted by atomic mass is 10.2. The molecule has 3 rings (SSSR count). The molecule has 1 atom stereocenters. The van der Waals surface area contributed by atoms with Gasteiger partial charge in [-0.1, -0.05) is 17.3 Å². The first kappa shape index (κ1) is 17.1. The van der Waals surface area contributed by atoms with Gasteiger partial charge in [0.05, 0.1) is 17.8 Å². The average Bonchev–Trinajstić information content (AvgIpc) is 3.09. The third kappa shape index (κ3) is 3.70. The van der Waals surface area contributed by atoms with Crippen LogP contribution in [0.1, 0.15) is 30.3 Å². The summed E-state index contributed by atoms with van der Waals surface area (Å²) >= 11 is 0. The van der Waals surface area contributed by atoms with Crippen LogP contribution in [-0.4, -0.2) is 36.7 Å². The fourth-order valence-corrected chi connectivity index (χ4v) is 2.92. The Morgan fingerprint density at radius 3 is 2.68 bits per heavy atom. The molecule has 0 aliphatic heterocycles. The van der Waals surface area contributed by atoms with Crippen molar-refractivity contribution in [1.82, 2.24) is 30.1 Å². The Bertz CT molecular complexity index is 894. The zero-order chi connectivity index (χ0) is 18.0. The Morgan fingerprint density at radius 2 is 1.96 bits per heavy atom. The molecular formula is C18H24N6O. The number of carbonyl (C=O) groups excluding carboxylic acids is 1. The number of rotatable bonds is 6. The molecule has 25 heavy (non-hydrogen) atoms. The van der Waals surface area contributed by atoms with Crippen LogP contribution in [-0.2, 0) is 17.9 Å². The van der Waals surface area contributed by atoms with E-state index in [0.29, 0.717) is 19.5 Å². The van der Waals surface area contributed by atoms with Gasteiger partial charge in [0, 0.05) is 24.7 Å². The summed E-state index contributed by atoms with van der Waals surface area (Å²) < 4.78 is 3.73. The summed E-state index contributed by atoms with van der Waals surface area (Å²) in [5.41, 5.74) is 5.16. The standard InChI is InChI=1S/C18H24N6O/c1-12(11-24-17-8-6-5-7-16(17)20-22-24)19-18(25)9-10-23-15(4)13(2)14(3)21-23/h5-8,12H,9-11H2,1-4H3,(H,19,25)/t12-/m1/s1. The molecule has 2 aromatic heterocycles. The Hall–Kier alpha value is -2.70. The zero-order valence-corrected chi connectivity index (χ0v) is 15.2. The predicted octanol–water partition coefficient (Wildman–Crippen LogP) is 2.15. The lowest BCUT2D eigenvalue weighted by molar-refractivity contribution is -0.122. The summed E-state index contributed by atoms with van der Waals surface area (Å²) in [6.07, 6.45) is 0.407. The number of benzene rings is 1. The van der Waals surface area contributed by atoms with Crippen LogP contribution in [0.3, 0.4) is 0 Å². The summed E-state index contributed by atoms with van der Waals surface area (Å²) in [6, 6.07) is 7.78. The van der Waals surface area contributed by atoms with Gasteiger partial charge in [-0.3, -0.25) is 9.48 Å². The van der Waals surface area contributed by atoms with Crippen molar-refractivity contribution < 1.29 is 4.79 Å². The molecule has 1 N–H and O–H groups in total. The van der Waals surface area contributed by atoms with Crippen LogP contribution in [0, 0.1) is 20.8 Å². The van der Waals surface area contributed by atoms with Gasteiger partial charge in [0.2, 0.25) is 5.91 Å². The molecule has 0 saturated heterocycles. The van der Waals surface area contributed by atoms with Crippen molar-refractivity contribution in [1.29, 1.82) is 0 Å². The quantitative estimate of drug-likeness (QED) is 0.746. The molecule has 0 saturated carbocycles. The number of hydrogen-bond acceptors (Lipinski definition) is 4. The molecule has 132 valence electrons. The highest BCUT2D eigenvalue weighted by atomic mass is 16.1. The zero-order valence-electron chi connectivity index (χ0n) is 15.2. The van der Waals surface area contributed by atoms with E-state index in [-0.39, 0.29) is 11.9 Å². The minimum absolute atomic E-state index is 0.0159. The van der Waals surface area contributed by atoms with Crippen molar-refractivity contribution >= 4 is 16.9 Å². The molecule has 1 aromatic carbocycles. The Kier molecular flexibility index (Phi) is 4.83. The van der Waals surface area contributed by atoms with Gasteiger partial charge in [-0.05, 0) is 45.4 Å². The average molecular weight is 340 g/mol. The number of nitrogens with zero attached hydrogens (tertiary/aromatic N) is 5. The first-order valence-electron chi connectivity index (χ1n) is 8.54. The van der Waals surface area contributed by atoms with E-state index in [1.807, 2.05) is 54.4 Å².